The molecule has 0 radical (unpaired) electrons. The molecule has 0 saturated carbocycles. The fraction of sp³-hybridized carbons (Fsp3) is 0.579. The van der Waals surface area contributed by atoms with E-state index in [4.69, 9.17) is 10.8 Å². The average Bonchev–Trinajstić information content (AvgIpc) is 3.30. The summed E-state index contributed by atoms with van der Waals surface area (Å²) in [5.74, 6) is -4.24. The number of carbonyl (C=O) groups excluding carboxylic acids is 3. The lowest BCUT2D eigenvalue weighted by molar-refractivity contribution is -0.143. The first-order chi connectivity index (χ1) is 16.1. The van der Waals surface area contributed by atoms with Crippen molar-refractivity contribution < 1.29 is 34.2 Å². The number of hydrogen-bond donors (Lipinski definition) is 8. The number of aromatic nitrogens is 2. The Balaban J connectivity index is 3.03. The maximum absolute atomic E-state index is 13.0. The Morgan fingerprint density at radius 1 is 1.06 bits per heavy atom. The number of H-pyrrole nitrogens is 1. The Kier molecular flexibility index (Phi) is 13.1. The lowest BCUT2D eigenvalue weighted by Gasteiger charge is -2.24. The monoisotopic (exact) mass is 518 g/mol. The summed E-state index contributed by atoms with van der Waals surface area (Å²) in [6.07, 6.45) is 3.99. The second-order valence-electron chi connectivity index (χ2n) is 7.31. The van der Waals surface area contributed by atoms with Crippen LogP contribution in [0.4, 0.5) is 0 Å². The molecule has 0 aliphatic heterocycles. The predicted molar refractivity (Wildman–Crippen MR) is 127 cm³/mol. The minimum atomic E-state index is -1.35. The molecule has 1 rings (SSSR count). The number of amides is 3. The van der Waals surface area contributed by atoms with Crippen molar-refractivity contribution in [1.29, 1.82) is 0 Å². The van der Waals surface area contributed by atoms with Gasteiger partial charge in [-0.05, 0) is 24.9 Å². The first-order valence-electron chi connectivity index (χ1n) is 10.3. The van der Waals surface area contributed by atoms with Crippen LogP contribution in [0.15, 0.2) is 12.5 Å². The zero-order chi connectivity index (χ0) is 25.7. The zero-order valence-corrected chi connectivity index (χ0v) is 20.2. The second-order valence-corrected chi connectivity index (χ2v) is 8.66. The molecule has 1 heterocycles. The molecule has 190 valence electrons. The third-order valence-electron chi connectivity index (χ3n) is 4.65. The molecule has 0 saturated heterocycles. The number of carboxylic acid groups (broad SMARTS) is 2. The number of hydrogen-bond acceptors (Lipinski definition) is 9. The molecular formula is C19H30N6O7S2. The topological polar surface area (TPSA) is 217 Å². The van der Waals surface area contributed by atoms with Crippen LogP contribution in [-0.4, -0.2) is 91.8 Å². The van der Waals surface area contributed by atoms with Crippen molar-refractivity contribution in [2.45, 2.75) is 49.9 Å². The molecule has 8 N–H and O–H groups in total. The molecule has 3 amide bonds. The van der Waals surface area contributed by atoms with Gasteiger partial charge in [-0.15, -0.1) is 0 Å². The van der Waals surface area contributed by atoms with E-state index in [9.17, 15) is 29.1 Å². The molecule has 0 aliphatic carbocycles. The SMILES string of the molecule is CSCCC(NC(=O)C(CCC(=O)O)NC(=O)C(Cc1cnc[nH]1)NC(=O)C(N)CS)C(=O)O. The van der Waals surface area contributed by atoms with E-state index < -0.39 is 60.2 Å². The smallest absolute Gasteiger partial charge is 0.326 e. The van der Waals surface area contributed by atoms with Gasteiger partial charge in [-0.2, -0.15) is 24.4 Å². The third kappa shape index (κ3) is 10.4. The molecule has 0 spiro atoms. The summed E-state index contributed by atoms with van der Waals surface area (Å²) in [5, 5.41) is 25.6. The van der Waals surface area contributed by atoms with Crippen LogP contribution in [0.3, 0.4) is 0 Å². The van der Waals surface area contributed by atoms with Crippen LogP contribution in [0, 0.1) is 0 Å². The largest absolute Gasteiger partial charge is 0.481 e. The van der Waals surface area contributed by atoms with Gasteiger partial charge in [0.15, 0.2) is 0 Å². The Morgan fingerprint density at radius 2 is 1.68 bits per heavy atom. The summed E-state index contributed by atoms with van der Waals surface area (Å²) < 4.78 is 0. The van der Waals surface area contributed by atoms with Crippen molar-refractivity contribution in [3.05, 3.63) is 18.2 Å². The molecule has 15 heteroatoms. The number of nitrogens with two attached hydrogens (primary N) is 1. The Hall–Kier alpha value is -2.78. The van der Waals surface area contributed by atoms with Gasteiger partial charge in [0.25, 0.3) is 0 Å². The number of carboxylic acids is 2. The summed E-state index contributed by atoms with van der Waals surface area (Å²) in [5.41, 5.74) is 6.17. The highest BCUT2D eigenvalue weighted by atomic mass is 32.2. The number of thioether (sulfide) groups is 1. The van der Waals surface area contributed by atoms with Crippen LogP contribution in [-0.2, 0) is 30.4 Å². The number of aliphatic carboxylic acids is 2. The zero-order valence-electron chi connectivity index (χ0n) is 18.5. The summed E-state index contributed by atoms with van der Waals surface area (Å²) in [6, 6.07) is -4.72. The van der Waals surface area contributed by atoms with Crippen molar-refractivity contribution in [3.8, 4) is 0 Å². The fourth-order valence-electron chi connectivity index (χ4n) is 2.76. The average molecular weight is 519 g/mol. The van der Waals surface area contributed by atoms with Gasteiger partial charge < -0.3 is 36.9 Å². The lowest BCUT2D eigenvalue weighted by Crippen LogP contribution is -2.58. The van der Waals surface area contributed by atoms with Gasteiger partial charge >= 0.3 is 11.9 Å². The maximum Gasteiger partial charge on any atom is 0.326 e. The fourth-order valence-corrected chi connectivity index (χ4v) is 3.40. The molecule has 4 unspecified atom stereocenters. The molecule has 34 heavy (non-hydrogen) atoms. The van der Waals surface area contributed by atoms with E-state index in [-0.39, 0.29) is 25.0 Å². The second kappa shape index (κ2) is 15.2. The van der Waals surface area contributed by atoms with Gasteiger partial charge in [0, 0.05) is 30.5 Å². The molecule has 13 nitrogen and oxygen atoms in total. The molecule has 1 aromatic rings. The lowest BCUT2D eigenvalue weighted by atomic mass is 10.1. The highest BCUT2D eigenvalue weighted by Gasteiger charge is 2.30. The summed E-state index contributed by atoms with van der Waals surface area (Å²) >= 11 is 5.36. The molecule has 0 fully saturated rings. The Labute approximate surface area is 205 Å². The number of aromatic amines is 1. The summed E-state index contributed by atoms with van der Waals surface area (Å²) in [6.45, 7) is 0. The van der Waals surface area contributed by atoms with Gasteiger partial charge in [-0.1, -0.05) is 0 Å². The Bertz CT molecular complexity index is 839. The van der Waals surface area contributed by atoms with Crippen LogP contribution in [0.5, 0.6) is 0 Å². The van der Waals surface area contributed by atoms with Crippen molar-refractivity contribution in [1.82, 2.24) is 25.9 Å². The first kappa shape index (κ1) is 29.3. The number of nitrogens with one attached hydrogen (secondary N) is 4. The van der Waals surface area contributed by atoms with Crippen LogP contribution < -0.4 is 21.7 Å². The minimum Gasteiger partial charge on any atom is -0.481 e. The molecule has 4 atom stereocenters. The van der Waals surface area contributed by atoms with E-state index in [0.29, 0.717) is 11.4 Å². The van der Waals surface area contributed by atoms with Gasteiger partial charge in [0.1, 0.15) is 18.1 Å². The Morgan fingerprint density at radius 3 is 2.21 bits per heavy atom. The highest BCUT2D eigenvalue weighted by molar-refractivity contribution is 7.98. The highest BCUT2D eigenvalue weighted by Crippen LogP contribution is 2.06. The number of nitrogens with zero attached hydrogens (tertiary/aromatic N) is 1. The third-order valence-corrected chi connectivity index (χ3v) is 5.69. The van der Waals surface area contributed by atoms with E-state index in [1.165, 1.54) is 24.3 Å². The minimum absolute atomic E-state index is 0.0182. The van der Waals surface area contributed by atoms with Gasteiger partial charge in [0.2, 0.25) is 17.7 Å². The van der Waals surface area contributed by atoms with E-state index >= 15 is 0 Å². The number of carbonyl (C=O) groups is 5. The molecule has 0 aromatic carbocycles. The standard InChI is InChI=1S/C19H30N6O7S2/c1-34-5-4-13(19(31)32)24-17(29)12(2-3-15(26)27)23-18(30)14(6-10-7-21-9-22-10)25-16(28)11(20)8-33/h7,9,11-14,33H,2-6,8,20H2,1H3,(H,21,22)(H,23,30)(H,24,29)(H,25,28)(H,26,27)(H,31,32). The first-order valence-corrected chi connectivity index (χ1v) is 12.3. The summed E-state index contributed by atoms with van der Waals surface area (Å²) in [4.78, 5) is 67.2. The quantitative estimate of drug-likeness (QED) is 0.117. The van der Waals surface area contributed by atoms with Gasteiger partial charge in [-0.25, -0.2) is 9.78 Å². The molecule has 0 aliphatic rings. The number of rotatable bonds is 16. The summed E-state index contributed by atoms with van der Waals surface area (Å²) in [7, 11) is 0. The predicted octanol–water partition coefficient (Wildman–Crippen LogP) is -1.63. The number of thiol groups is 1. The van der Waals surface area contributed by atoms with Gasteiger partial charge in [-0.3, -0.25) is 19.2 Å². The van der Waals surface area contributed by atoms with Crippen LogP contribution in [0.2, 0.25) is 0 Å². The van der Waals surface area contributed by atoms with E-state index in [2.05, 4.69) is 38.5 Å². The van der Waals surface area contributed by atoms with Crippen molar-refractivity contribution in [2.24, 2.45) is 5.73 Å². The van der Waals surface area contributed by atoms with E-state index in [0.717, 1.165) is 0 Å². The van der Waals surface area contributed by atoms with Crippen molar-refractivity contribution >= 4 is 54.1 Å². The van der Waals surface area contributed by atoms with Crippen molar-refractivity contribution in [3.63, 3.8) is 0 Å². The maximum atomic E-state index is 13.0. The van der Waals surface area contributed by atoms with Crippen LogP contribution in [0.25, 0.3) is 0 Å². The molecule has 0 bridgehead atoms. The van der Waals surface area contributed by atoms with Crippen LogP contribution in [0.1, 0.15) is 25.0 Å². The van der Waals surface area contributed by atoms with Crippen molar-refractivity contribution in [2.75, 3.05) is 17.8 Å². The molecule has 1 aromatic heterocycles. The molecular weight excluding hydrogens is 488 g/mol. The van der Waals surface area contributed by atoms with E-state index in [1.54, 1.807) is 6.26 Å². The van der Waals surface area contributed by atoms with Crippen LogP contribution >= 0.6 is 24.4 Å². The van der Waals surface area contributed by atoms with E-state index in [1.807, 2.05) is 0 Å². The number of imidazole rings is 1. The van der Waals surface area contributed by atoms with Gasteiger partial charge in [0.05, 0.1) is 12.4 Å². The normalized spacial score (nSPS) is 14.3.